The number of nitrogens with one attached hydrogen (secondary N) is 1. The molecule has 3 heteroatoms. The maximum atomic E-state index is 12.9. The van der Waals surface area contributed by atoms with Crippen molar-refractivity contribution >= 4 is 0 Å². The van der Waals surface area contributed by atoms with E-state index in [9.17, 15) is 9.50 Å². The van der Waals surface area contributed by atoms with E-state index < -0.39 is 0 Å². The fourth-order valence-electron chi connectivity index (χ4n) is 2.07. The van der Waals surface area contributed by atoms with Gasteiger partial charge in [-0.05, 0) is 62.0 Å². The van der Waals surface area contributed by atoms with Gasteiger partial charge >= 0.3 is 0 Å². The molecule has 1 aliphatic heterocycles. The Morgan fingerprint density at radius 3 is 3.07 bits per heavy atom. The highest BCUT2D eigenvalue weighted by Gasteiger charge is 2.14. The quantitative estimate of drug-likeness (QED) is 0.798. The fourth-order valence-corrected chi connectivity index (χ4v) is 2.07. The molecule has 1 saturated heterocycles. The average molecular weight is 209 g/mol. The van der Waals surface area contributed by atoms with Crippen LogP contribution in [0.5, 0.6) is 5.75 Å². The molecule has 1 aromatic carbocycles. The van der Waals surface area contributed by atoms with E-state index in [2.05, 4.69) is 5.32 Å². The van der Waals surface area contributed by atoms with Crippen molar-refractivity contribution in [1.29, 1.82) is 0 Å². The molecule has 1 unspecified atom stereocenters. The Hall–Kier alpha value is -1.09. The molecule has 1 aliphatic rings. The molecule has 2 rings (SSSR count). The van der Waals surface area contributed by atoms with E-state index in [1.165, 1.54) is 24.6 Å². The molecule has 0 aliphatic carbocycles. The lowest BCUT2D eigenvalue weighted by atomic mass is 9.98. The van der Waals surface area contributed by atoms with Crippen molar-refractivity contribution in [3.63, 3.8) is 0 Å². The van der Waals surface area contributed by atoms with Crippen LogP contribution in [0.15, 0.2) is 18.2 Å². The van der Waals surface area contributed by atoms with Crippen molar-refractivity contribution in [2.45, 2.75) is 19.3 Å². The summed E-state index contributed by atoms with van der Waals surface area (Å²) in [4.78, 5) is 0. The molecular weight excluding hydrogens is 193 g/mol. The smallest absolute Gasteiger partial charge is 0.123 e. The summed E-state index contributed by atoms with van der Waals surface area (Å²) >= 11 is 0. The summed E-state index contributed by atoms with van der Waals surface area (Å²) in [7, 11) is 0. The molecule has 0 saturated carbocycles. The standard InChI is InChI=1S/C12H16FNO/c13-11-3-4-12(15)10(7-11)2-1-9-5-6-14-8-9/h3-4,7,9,14-15H,1-2,5-6,8H2. The van der Waals surface area contributed by atoms with Crippen molar-refractivity contribution in [1.82, 2.24) is 5.32 Å². The Balaban J connectivity index is 1.94. The highest BCUT2D eigenvalue weighted by molar-refractivity contribution is 5.32. The highest BCUT2D eigenvalue weighted by atomic mass is 19.1. The van der Waals surface area contributed by atoms with Gasteiger partial charge in [-0.1, -0.05) is 0 Å². The molecule has 1 atom stereocenters. The Bertz CT molecular complexity index is 334. The topological polar surface area (TPSA) is 32.3 Å². The number of hydrogen-bond donors (Lipinski definition) is 2. The van der Waals surface area contributed by atoms with Crippen LogP contribution in [0.4, 0.5) is 4.39 Å². The number of rotatable bonds is 3. The fraction of sp³-hybridized carbons (Fsp3) is 0.500. The van der Waals surface area contributed by atoms with E-state index in [-0.39, 0.29) is 11.6 Å². The number of halogens is 1. The molecule has 2 N–H and O–H groups in total. The average Bonchev–Trinajstić information content (AvgIpc) is 2.72. The van der Waals surface area contributed by atoms with Crippen molar-refractivity contribution in [3.8, 4) is 5.75 Å². The number of aryl methyl sites for hydroxylation is 1. The predicted octanol–water partition coefficient (Wildman–Crippen LogP) is 2.07. The van der Waals surface area contributed by atoms with Gasteiger partial charge < -0.3 is 10.4 Å². The molecular formula is C12H16FNO. The summed E-state index contributed by atoms with van der Waals surface area (Å²) in [5, 5.41) is 12.8. The maximum absolute atomic E-state index is 12.9. The lowest BCUT2D eigenvalue weighted by Gasteiger charge is -2.09. The number of aromatic hydroxyl groups is 1. The minimum atomic E-state index is -0.271. The van der Waals surface area contributed by atoms with E-state index in [1.54, 1.807) is 0 Å². The maximum Gasteiger partial charge on any atom is 0.123 e. The first kappa shape index (κ1) is 10.4. The van der Waals surface area contributed by atoms with E-state index in [0.717, 1.165) is 31.5 Å². The SMILES string of the molecule is Oc1ccc(F)cc1CCC1CCNC1. The zero-order valence-corrected chi connectivity index (χ0v) is 8.67. The number of phenols is 1. The summed E-state index contributed by atoms with van der Waals surface area (Å²) in [6.45, 7) is 2.13. The molecule has 0 bridgehead atoms. The molecule has 0 spiro atoms. The highest BCUT2D eigenvalue weighted by Crippen LogP contribution is 2.22. The normalized spacial score (nSPS) is 20.7. The number of benzene rings is 1. The molecule has 0 aromatic heterocycles. The van der Waals surface area contributed by atoms with Crippen LogP contribution in [0.25, 0.3) is 0 Å². The third-order valence-corrected chi connectivity index (χ3v) is 3.03. The van der Waals surface area contributed by atoms with Crippen molar-refractivity contribution in [3.05, 3.63) is 29.6 Å². The van der Waals surface area contributed by atoms with E-state index in [4.69, 9.17) is 0 Å². The third kappa shape index (κ3) is 2.69. The Labute approximate surface area is 89.1 Å². The molecule has 82 valence electrons. The van der Waals surface area contributed by atoms with Crippen LogP contribution in [0.3, 0.4) is 0 Å². The lowest BCUT2D eigenvalue weighted by molar-refractivity contribution is 0.457. The molecule has 0 radical (unpaired) electrons. The second-order valence-corrected chi connectivity index (χ2v) is 4.17. The number of phenolic OH excluding ortho intramolecular Hbond substituents is 1. The molecule has 2 nitrogen and oxygen atoms in total. The van der Waals surface area contributed by atoms with Gasteiger partial charge in [-0.15, -0.1) is 0 Å². The van der Waals surface area contributed by atoms with Crippen LogP contribution in [0.1, 0.15) is 18.4 Å². The Kier molecular flexibility index (Phi) is 3.21. The van der Waals surface area contributed by atoms with Crippen LogP contribution in [0.2, 0.25) is 0 Å². The Morgan fingerprint density at radius 2 is 2.33 bits per heavy atom. The second-order valence-electron chi connectivity index (χ2n) is 4.17. The van der Waals surface area contributed by atoms with Crippen LogP contribution in [-0.2, 0) is 6.42 Å². The monoisotopic (exact) mass is 209 g/mol. The largest absolute Gasteiger partial charge is 0.508 e. The van der Waals surface area contributed by atoms with Crippen molar-refractivity contribution in [2.75, 3.05) is 13.1 Å². The van der Waals surface area contributed by atoms with Gasteiger partial charge in [0, 0.05) is 0 Å². The first-order chi connectivity index (χ1) is 7.25. The Morgan fingerprint density at radius 1 is 1.47 bits per heavy atom. The third-order valence-electron chi connectivity index (χ3n) is 3.03. The first-order valence-electron chi connectivity index (χ1n) is 5.44. The summed E-state index contributed by atoms with van der Waals surface area (Å²) in [5.74, 6) is 0.613. The molecule has 1 aromatic rings. The lowest BCUT2D eigenvalue weighted by Crippen LogP contribution is -2.09. The summed E-state index contributed by atoms with van der Waals surface area (Å²) < 4.78 is 12.9. The minimum Gasteiger partial charge on any atom is -0.508 e. The van der Waals surface area contributed by atoms with E-state index >= 15 is 0 Å². The minimum absolute atomic E-state index is 0.211. The van der Waals surface area contributed by atoms with Gasteiger partial charge in [-0.2, -0.15) is 0 Å². The zero-order chi connectivity index (χ0) is 10.7. The zero-order valence-electron chi connectivity index (χ0n) is 8.67. The number of hydrogen-bond acceptors (Lipinski definition) is 2. The van der Waals surface area contributed by atoms with Gasteiger partial charge in [-0.3, -0.25) is 0 Å². The molecule has 15 heavy (non-hydrogen) atoms. The molecule has 1 fully saturated rings. The van der Waals surface area contributed by atoms with Gasteiger partial charge in [0.25, 0.3) is 0 Å². The molecule has 0 amide bonds. The van der Waals surface area contributed by atoms with Gasteiger partial charge in [0.05, 0.1) is 0 Å². The van der Waals surface area contributed by atoms with Crippen molar-refractivity contribution < 1.29 is 9.50 Å². The van der Waals surface area contributed by atoms with Crippen LogP contribution >= 0.6 is 0 Å². The van der Waals surface area contributed by atoms with Crippen LogP contribution in [0, 0.1) is 11.7 Å². The predicted molar refractivity (Wildman–Crippen MR) is 57.4 cm³/mol. The van der Waals surface area contributed by atoms with Crippen molar-refractivity contribution in [2.24, 2.45) is 5.92 Å². The second kappa shape index (κ2) is 4.62. The van der Waals surface area contributed by atoms with Gasteiger partial charge in [0.1, 0.15) is 11.6 Å². The van der Waals surface area contributed by atoms with E-state index in [0.29, 0.717) is 5.92 Å². The summed E-state index contributed by atoms with van der Waals surface area (Å²) in [6, 6.07) is 4.14. The summed E-state index contributed by atoms with van der Waals surface area (Å²) in [6.07, 6.45) is 2.97. The first-order valence-corrected chi connectivity index (χ1v) is 5.44. The van der Waals surface area contributed by atoms with Gasteiger partial charge in [0.2, 0.25) is 0 Å². The van der Waals surface area contributed by atoms with E-state index in [1.807, 2.05) is 0 Å². The molecule has 1 heterocycles. The van der Waals surface area contributed by atoms with Gasteiger partial charge in [-0.25, -0.2) is 4.39 Å². The summed E-state index contributed by atoms with van der Waals surface area (Å²) in [5.41, 5.74) is 0.724. The van der Waals surface area contributed by atoms with Crippen LogP contribution < -0.4 is 5.32 Å². The van der Waals surface area contributed by atoms with Crippen LogP contribution in [-0.4, -0.2) is 18.2 Å². The van der Waals surface area contributed by atoms with Gasteiger partial charge in [0.15, 0.2) is 0 Å².